The maximum atomic E-state index is 12.0. The lowest BCUT2D eigenvalue weighted by Gasteiger charge is -2.27. The van der Waals surface area contributed by atoms with Gasteiger partial charge in [0, 0.05) is 31.6 Å². The molecule has 0 aliphatic heterocycles. The van der Waals surface area contributed by atoms with Crippen LogP contribution in [0.15, 0.2) is 24.3 Å². The van der Waals surface area contributed by atoms with Crippen molar-refractivity contribution in [3.8, 4) is 5.75 Å². The van der Waals surface area contributed by atoms with Gasteiger partial charge in [-0.25, -0.2) is 0 Å². The average Bonchev–Trinajstić information content (AvgIpc) is 2.50. The van der Waals surface area contributed by atoms with Crippen LogP contribution in [0.3, 0.4) is 0 Å². The number of hydrogen-bond acceptors (Lipinski definition) is 3. The summed E-state index contributed by atoms with van der Waals surface area (Å²) in [7, 11) is 1.58. The Bertz CT molecular complexity index is 471. The first-order valence-corrected chi connectivity index (χ1v) is 7.19. The maximum Gasteiger partial charge on any atom is 0.251 e. The Hall–Kier alpha value is -2.04. The highest BCUT2D eigenvalue weighted by atomic mass is 16.5. The summed E-state index contributed by atoms with van der Waals surface area (Å²) in [6.07, 6.45) is 0.895. The summed E-state index contributed by atoms with van der Waals surface area (Å²) >= 11 is 0. The minimum absolute atomic E-state index is 0.0306. The van der Waals surface area contributed by atoms with Gasteiger partial charge in [-0.1, -0.05) is 6.92 Å². The molecule has 1 rings (SSSR count). The fourth-order valence-electron chi connectivity index (χ4n) is 2.04. The van der Waals surface area contributed by atoms with Crippen LogP contribution in [-0.4, -0.2) is 43.0 Å². The lowest BCUT2D eigenvalue weighted by Crippen LogP contribution is -2.42. The third kappa shape index (κ3) is 5.10. The van der Waals surface area contributed by atoms with E-state index < -0.39 is 0 Å². The minimum atomic E-state index is -0.148. The summed E-state index contributed by atoms with van der Waals surface area (Å²) in [5, 5.41) is 2.83. The van der Waals surface area contributed by atoms with Crippen molar-refractivity contribution in [2.75, 3.05) is 20.2 Å². The van der Waals surface area contributed by atoms with Gasteiger partial charge in [0.15, 0.2) is 0 Å². The average molecular weight is 292 g/mol. The molecular formula is C16H24N2O3. The molecule has 1 unspecified atom stereocenters. The fourth-order valence-corrected chi connectivity index (χ4v) is 2.04. The molecular weight excluding hydrogens is 268 g/mol. The van der Waals surface area contributed by atoms with E-state index in [0.29, 0.717) is 24.4 Å². The molecule has 0 spiro atoms. The molecule has 5 heteroatoms. The molecule has 1 aromatic rings. The molecule has 0 bridgehead atoms. The molecule has 2 amide bonds. The SMILES string of the molecule is CCC(C)N(CCNC(=O)c1ccc(OC)cc1)C(C)=O. The zero-order chi connectivity index (χ0) is 15.8. The second-order valence-electron chi connectivity index (χ2n) is 4.95. The zero-order valence-electron chi connectivity index (χ0n) is 13.2. The molecule has 0 saturated carbocycles. The smallest absolute Gasteiger partial charge is 0.251 e. The van der Waals surface area contributed by atoms with Crippen molar-refractivity contribution in [1.82, 2.24) is 10.2 Å². The van der Waals surface area contributed by atoms with Gasteiger partial charge in [0.2, 0.25) is 5.91 Å². The van der Waals surface area contributed by atoms with Crippen molar-refractivity contribution in [3.05, 3.63) is 29.8 Å². The summed E-state index contributed by atoms with van der Waals surface area (Å²) in [4.78, 5) is 25.3. The van der Waals surface area contributed by atoms with E-state index in [1.165, 1.54) is 0 Å². The Labute approximate surface area is 126 Å². The van der Waals surface area contributed by atoms with Gasteiger partial charge in [-0.05, 0) is 37.6 Å². The Morgan fingerprint density at radius 1 is 1.29 bits per heavy atom. The first kappa shape index (κ1) is 17.0. The van der Waals surface area contributed by atoms with E-state index in [1.54, 1.807) is 43.2 Å². The Morgan fingerprint density at radius 3 is 2.38 bits per heavy atom. The van der Waals surface area contributed by atoms with E-state index in [9.17, 15) is 9.59 Å². The Kier molecular flexibility index (Phi) is 6.72. The van der Waals surface area contributed by atoms with Gasteiger partial charge in [0.05, 0.1) is 7.11 Å². The number of hydrogen-bond donors (Lipinski definition) is 1. The van der Waals surface area contributed by atoms with Gasteiger partial charge in [-0.3, -0.25) is 9.59 Å². The first-order chi connectivity index (χ1) is 9.99. The molecule has 116 valence electrons. The van der Waals surface area contributed by atoms with E-state index in [2.05, 4.69) is 5.32 Å². The molecule has 1 aromatic carbocycles. The molecule has 5 nitrogen and oxygen atoms in total. The van der Waals surface area contributed by atoms with Gasteiger partial charge in [-0.2, -0.15) is 0 Å². The highest BCUT2D eigenvalue weighted by molar-refractivity contribution is 5.94. The van der Waals surface area contributed by atoms with Crippen LogP contribution in [0.5, 0.6) is 5.75 Å². The van der Waals surface area contributed by atoms with Gasteiger partial charge in [0.25, 0.3) is 5.91 Å². The van der Waals surface area contributed by atoms with Gasteiger partial charge in [0.1, 0.15) is 5.75 Å². The van der Waals surface area contributed by atoms with Gasteiger partial charge < -0.3 is 15.0 Å². The summed E-state index contributed by atoms with van der Waals surface area (Å²) in [5.74, 6) is 0.597. The summed E-state index contributed by atoms with van der Waals surface area (Å²) in [6, 6.07) is 7.10. The Balaban J connectivity index is 2.50. The third-order valence-electron chi connectivity index (χ3n) is 3.52. The van der Waals surface area contributed by atoms with Crippen molar-refractivity contribution in [2.45, 2.75) is 33.2 Å². The first-order valence-electron chi connectivity index (χ1n) is 7.19. The van der Waals surface area contributed by atoms with E-state index in [1.807, 2.05) is 13.8 Å². The van der Waals surface area contributed by atoms with Crippen LogP contribution in [0, 0.1) is 0 Å². The van der Waals surface area contributed by atoms with E-state index in [4.69, 9.17) is 4.74 Å². The normalized spacial score (nSPS) is 11.6. The quantitative estimate of drug-likeness (QED) is 0.837. The molecule has 0 aliphatic carbocycles. The number of carbonyl (C=O) groups excluding carboxylic acids is 2. The van der Waals surface area contributed by atoms with Crippen molar-refractivity contribution >= 4 is 11.8 Å². The number of nitrogens with one attached hydrogen (secondary N) is 1. The number of amides is 2. The monoisotopic (exact) mass is 292 g/mol. The van der Waals surface area contributed by atoms with Crippen molar-refractivity contribution < 1.29 is 14.3 Å². The molecule has 21 heavy (non-hydrogen) atoms. The van der Waals surface area contributed by atoms with E-state index >= 15 is 0 Å². The number of rotatable bonds is 7. The van der Waals surface area contributed by atoms with Crippen molar-refractivity contribution in [2.24, 2.45) is 0 Å². The zero-order valence-corrected chi connectivity index (χ0v) is 13.2. The summed E-state index contributed by atoms with van der Waals surface area (Å²) < 4.78 is 5.05. The van der Waals surface area contributed by atoms with E-state index in [0.717, 1.165) is 6.42 Å². The van der Waals surface area contributed by atoms with E-state index in [-0.39, 0.29) is 17.9 Å². The van der Waals surface area contributed by atoms with Crippen molar-refractivity contribution in [1.29, 1.82) is 0 Å². The lowest BCUT2D eigenvalue weighted by atomic mass is 10.2. The van der Waals surface area contributed by atoms with Gasteiger partial charge >= 0.3 is 0 Å². The Morgan fingerprint density at radius 2 is 1.90 bits per heavy atom. The molecule has 0 saturated heterocycles. The van der Waals surface area contributed by atoms with Crippen LogP contribution in [0.4, 0.5) is 0 Å². The maximum absolute atomic E-state index is 12.0. The fraction of sp³-hybridized carbons (Fsp3) is 0.500. The van der Waals surface area contributed by atoms with Crippen LogP contribution in [0.2, 0.25) is 0 Å². The number of carbonyl (C=O) groups is 2. The number of nitrogens with zero attached hydrogens (tertiary/aromatic N) is 1. The summed E-state index contributed by atoms with van der Waals surface area (Å²) in [5.41, 5.74) is 0.578. The lowest BCUT2D eigenvalue weighted by molar-refractivity contribution is -0.130. The summed E-state index contributed by atoms with van der Waals surface area (Å²) in [6.45, 7) is 6.56. The van der Waals surface area contributed by atoms with Crippen LogP contribution in [-0.2, 0) is 4.79 Å². The second-order valence-corrected chi connectivity index (χ2v) is 4.95. The predicted octanol–water partition coefficient (Wildman–Crippen LogP) is 2.07. The topological polar surface area (TPSA) is 58.6 Å². The van der Waals surface area contributed by atoms with Crippen LogP contribution >= 0.6 is 0 Å². The molecule has 0 fully saturated rings. The van der Waals surface area contributed by atoms with Gasteiger partial charge in [-0.15, -0.1) is 0 Å². The van der Waals surface area contributed by atoms with Crippen molar-refractivity contribution in [3.63, 3.8) is 0 Å². The number of benzene rings is 1. The highest BCUT2D eigenvalue weighted by Gasteiger charge is 2.15. The standard InChI is InChI=1S/C16H24N2O3/c1-5-12(2)18(13(3)19)11-10-17-16(20)14-6-8-15(21-4)9-7-14/h6-9,12H,5,10-11H2,1-4H3,(H,17,20). The minimum Gasteiger partial charge on any atom is -0.497 e. The largest absolute Gasteiger partial charge is 0.497 e. The van der Waals surface area contributed by atoms with Crippen LogP contribution < -0.4 is 10.1 Å². The molecule has 0 aliphatic rings. The second kappa shape index (κ2) is 8.29. The van der Waals surface area contributed by atoms with Crippen LogP contribution in [0.25, 0.3) is 0 Å². The molecule has 0 radical (unpaired) electrons. The molecule has 1 atom stereocenters. The molecule has 0 aromatic heterocycles. The highest BCUT2D eigenvalue weighted by Crippen LogP contribution is 2.11. The van der Waals surface area contributed by atoms with Crippen LogP contribution in [0.1, 0.15) is 37.6 Å². The molecule has 1 N–H and O–H groups in total. The third-order valence-corrected chi connectivity index (χ3v) is 3.52. The predicted molar refractivity (Wildman–Crippen MR) is 82.5 cm³/mol. The number of methoxy groups -OCH3 is 1. The molecule has 0 heterocycles. The number of ether oxygens (including phenoxy) is 1.